The van der Waals surface area contributed by atoms with Crippen LogP contribution < -0.4 is 5.32 Å². The highest BCUT2D eigenvalue weighted by molar-refractivity contribution is 7.97. The van der Waals surface area contributed by atoms with Crippen molar-refractivity contribution in [2.24, 2.45) is 0 Å². The molecule has 1 unspecified atom stereocenters. The minimum Gasteiger partial charge on any atom is -0.423 e. The first kappa shape index (κ1) is 11.5. The maximum Gasteiger partial charge on any atom is 0.233 e. The van der Waals surface area contributed by atoms with Crippen LogP contribution in [0.2, 0.25) is 0 Å². The summed E-state index contributed by atoms with van der Waals surface area (Å²) in [5.74, 6) is 2.17. The van der Waals surface area contributed by atoms with Crippen molar-refractivity contribution in [1.82, 2.24) is 15.5 Å². The van der Waals surface area contributed by atoms with E-state index in [1.165, 1.54) is 0 Å². The van der Waals surface area contributed by atoms with Crippen LogP contribution in [0.4, 0.5) is 0 Å². The van der Waals surface area contributed by atoms with E-state index in [9.17, 15) is 0 Å². The molecule has 0 saturated heterocycles. The molecule has 0 spiro atoms. The molecule has 0 saturated carbocycles. The molecule has 1 aromatic rings. The van der Waals surface area contributed by atoms with Gasteiger partial charge in [-0.05, 0) is 26.1 Å². The summed E-state index contributed by atoms with van der Waals surface area (Å²) < 4.78 is 5.48. The van der Waals surface area contributed by atoms with Crippen molar-refractivity contribution in [2.75, 3.05) is 12.8 Å². The third-order valence-corrected chi connectivity index (χ3v) is 2.36. The van der Waals surface area contributed by atoms with E-state index in [0.717, 1.165) is 18.7 Å². The van der Waals surface area contributed by atoms with E-state index in [-0.39, 0.29) is 6.04 Å². The lowest BCUT2D eigenvalue weighted by molar-refractivity contribution is 0.401. The van der Waals surface area contributed by atoms with Crippen LogP contribution in [-0.2, 0) is 5.75 Å². The molecule has 0 amide bonds. The average Bonchev–Trinajstić information content (AvgIpc) is 2.63. The number of thioether (sulfide) groups is 1. The van der Waals surface area contributed by atoms with Crippen molar-refractivity contribution in [3.05, 3.63) is 11.8 Å². The Morgan fingerprint density at radius 1 is 1.50 bits per heavy atom. The van der Waals surface area contributed by atoms with Gasteiger partial charge in [0.1, 0.15) is 0 Å². The highest BCUT2D eigenvalue weighted by Gasteiger charge is 2.12. The third kappa shape index (κ3) is 3.31. The molecule has 0 aliphatic rings. The Hall–Kier alpha value is -0.550. The zero-order valence-electron chi connectivity index (χ0n) is 8.91. The molecule has 1 heterocycles. The van der Waals surface area contributed by atoms with E-state index in [2.05, 4.69) is 22.4 Å². The standard InChI is InChI=1S/C9H17N3OS/c1-4-5-10-7(2)9-12-11-8(13-9)6-14-3/h7,10H,4-6H2,1-3H3. The largest absolute Gasteiger partial charge is 0.423 e. The van der Waals surface area contributed by atoms with E-state index in [1.54, 1.807) is 11.8 Å². The van der Waals surface area contributed by atoms with Crippen LogP contribution in [0, 0.1) is 0 Å². The van der Waals surface area contributed by atoms with E-state index in [4.69, 9.17) is 4.42 Å². The van der Waals surface area contributed by atoms with Gasteiger partial charge in [0.05, 0.1) is 11.8 Å². The molecule has 0 aromatic carbocycles. The quantitative estimate of drug-likeness (QED) is 0.786. The Labute approximate surface area is 88.9 Å². The van der Waals surface area contributed by atoms with Crippen molar-refractivity contribution in [3.63, 3.8) is 0 Å². The number of nitrogens with one attached hydrogen (secondary N) is 1. The van der Waals surface area contributed by atoms with Gasteiger partial charge in [-0.3, -0.25) is 0 Å². The van der Waals surface area contributed by atoms with Crippen LogP contribution in [-0.4, -0.2) is 23.0 Å². The lowest BCUT2D eigenvalue weighted by atomic mass is 10.3. The van der Waals surface area contributed by atoms with Crippen LogP contribution in [0.25, 0.3) is 0 Å². The van der Waals surface area contributed by atoms with Crippen LogP contribution in [0.3, 0.4) is 0 Å². The van der Waals surface area contributed by atoms with Gasteiger partial charge in [-0.15, -0.1) is 10.2 Å². The maximum absolute atomic E-state index is 5.48. The topological polar surface area (TPSA) is 51.0 Å². The lowest BCUT2D eigenvalue weighted by Crippen LogP contribution is -2.19. The highest BCUT2D eigenvalue weighted by atomic mass is 32.2. The molecule has 1 N–H and O–H groups in total. The van der Waals surface area contributed by atoms with Crippen LogP contribution >= 0.6 is 11.8 Å². The first-order chi connectivity index (χ1) is 6.77. The van der Waals surface area contributed by atoms with Gasteiger partial charge in [0.25, 0.3) is 0 Å². The summed E-state index contributed by atoms with van der Waals surface area (Å²) in [7, 11) is 0. The zero-order chi connectivity index (χ0) is 10.4. The van der Waals surface area contributed by atoms with E-state index < -0.39 is 0 Å². The smallest absolute Gasteiger partial charge is 0.233 e. The minimum absolute atomic E-state index is 0.151. The number of hydrogen-bond acceptors (Lipinski definition) is 5. The molecule has 1 atom stereocenters. The Balaban J connectivity index is 2.48. The monoisotopic (exact) mass is 215 g/mol. The van der Waals surface area contributed by atoms with Crippen molar-refractivity contribution in [3.8, 4) is 0 Å². The fourth-order valence-electron chi connectivity index (χ4n) is 1.07. The second-order valence-corrected chi connectivity index (χ2v) is 4.01. The summed E-state index contributed by atoms with van der Waals surface area (Å²) in [5, 5.41) is 11.3. The fourth-order valence-corrected chi connectivity index (χ4v) is 1.44. The SMILES string of the molecule is CCCNC(C)c1nnc(CSC)o1. The molecule has 0 aliphatic carbocycles. The van der Waals surface area contributed by atoms with Crippen molar-refractivity contribution < 1.29 is 4.42 Å². The fraction of sp³-hybridized carbons (Fsp3) is 0.778. The average molecular weight is 215 g/mol. The number of aromatic nitrogens is 2. The summed E-state index contributed by atoms with van der Waals surface area (Å²) in [4.78, 5) is 0. The van der Waals surface area contributed by atoms with Crippen molar-refractivity contribution in [1.29, 1.82) is 0 Å². The molecular weight excluding hydrogens is 198 g/mol. The van der Waals surface area contributed by atoms with Crippen LogP contribution in [0.1, 0.15) is 38.1 Å². The third-order valence-electron chi connectivity index (χ3n) is 1.82. The number of hydrogen-bond donors (Lipinski definition) is 1. The Morgan fingerprint density at radius 3 is 2.93 bits per heavy atom. The Bertz CT molecular complexity index is 264. The molecule has 0 fully saturated rings. The zero-order valence-corrected chi connectivity index (χ0v) is 9.73. The minimum atomic E-state index is 0.151. The van der Waals surface area contributed by atoms with Gasteiger partial charge in [0.15, 0.2) is 0 Å². The summed E-state index contributed by atoms with van der Waals surface area (Å²) in [5.41, 5.74) is 0. The number of rotatable bonds is 6. The molecule has 1 aromatic heterocycles. The van der Waals surface area contributed by atoms with Gasteiger partial charge >= 0.3 is 0 Å². The molecule has 80 valence electrons. The molecule has 1 rings (SSSR count). The molecule has 0 bridgehead atoms. The van der Waals surface area contributed by atoms with E-state index >= 15 is 0 Å². The normalized spacial score (nSPS) is 13.1. The van der Waals surface area contributed by atoms with E-state index in [0.29, 0.717) is 11.8 Å². The van der Waals surface area contributed by atoms with Gasteiger partial charge in [0.2, 0.25) is 11.8 Å². The van der Waals surface area contributed by atoms with Crippen LogP contribution in [0.15, 0.2) is 4.42 Å². The van der Waals surface area contributed by atoms with Crippen molar-refractivity contribution >= 4 is 11.8 Å². The summed E-state index contributed by atoms with van der Waals surface area (Å²) >= 11 is 1.68. The first-order valence-corrected chi connectivity index (χ1v) is 6.22. The molecule has 14 heavy (non-hydrogen) atoms. The predicted molar refractivity (Wildman–Crippen MR) is 58.2 cm³/mol. The summed E-state index contributed by atoms with van der Waals surface area (Å²) in [6, 6.07) is 0.151. The first-order valence-electron chi connectivity index (χ1n) is 4.82. The van der Waals surface area contributed by atoms with Gasteiger partial charge < -0.3 is 9.73 Å². The van der Waals surface area contributed by atoms with Crippen LogP contribution in [0.5, 0.6) is 0 Å². The van der Waals surface area contributed by atoms with Gasteiger partial charge in [-0.1, -0.05) is 6.92 Å². The molecule has 0 radical (unpaired) electrons. The van der Waals surface area contributed by atoms with Gasteiger partial charge in [-0.25, -0.2) is 0 Å². The molecular formula is C9H17N3OS. The van der Waals surface area contributed by atoms with Gasteiger partial charge in [0, 0.05) is 0 Å². The van der Waals surface area contributed by atoms with Crippen molar-refractivity contribution in [2.45, 2.75) is 32.1 Å². The van der Waals surface area contributed by atoms with E-state index in [1.807, 2.05) is 13.2 Å². The second-order valence-electron chi connectivity index (χ2n) is 3.14. The molecule has 4 nitrogen and oxygen atoms in total. The summed E-state index contributed by atoms with van der Waals surface area (Å²) in [6.07, 6.45) is 3.12. The summed E-state index contributed by atoms with van der Waals surface area (Å²) in [6.45, 7) is 5.14. The molecule has 0 aliphatic heterocycles. The maximum atomic E-state index is 5.48. The highest BCUT2D eigenvalue weighted by Crippen LogP contribution is 2.13. The molecule has 5 heteroatoms. The Morgan fingerprint density at radius 2 is 2.29 bits per heavy atom. The predicted octanol–water partition coefficient (Wildman–Crippen LogP) is 1.99. The Kier molecular flexibility index (Phi) is 4.97. The lowest BCUT2D eigenvalue weighted by Gasteiger charge is -2.07. The number of nitrogens with zero attached hydrogens (tertiary/aromatic N) is 2. The second kappa shape index (κ2) is 6.03. The van der Waals surface area contributed by atoms with Gasteiger partial charge in [-0.2, -0.15) is 11.8 Å².